The number of hydrogen-bond acceptors (Lipinski definition) is 2. The fraction of sp³-hybridized carbons (Fsp3) is 0.323. The number of nitrogens with one attached hydrogen (secondary N) is 1. The highest BCUT2D eigenvalue weighted by Crippen LogP contribution is 2.34. The van der Waals surface area contributed by atoms with Crippen LogP contribution in [-0.4, -0.2) is 18.4 Å². The van der Waals surface area contributed by atoms with Crippen LogP contribution >= 0.6 is 7.92 Å². The van der Waals surface area contributed by atoms with E-state index in [0.717, 1.165) is 24.1 Å². The lowest BCUT2D eigenvalue weighted by Gasteiger charge is -2.21. The summed E-state index contributed by atoms with van der Waals surface area (Å²) in [5.74, 6) is 0.943. The number of nitrogens with zero attached hydrogens (tertiary/aromatic N) is 1. The maximum absolute atomic E-state index is 4.93. The fourth-order valence-corrected chi connectivity index (χ4v) is 6.42. The zero-order chi connectivity index (χ0) is 24.5. The Hall–Kier alpha value is -2.70. The van der Waals surface area contributed by atoms with Crippen molar-refractivity contribution in [2.75, 3.05) is 18.0 Å². The minimum Gasteiger partial charge on any atom is -0.359 e. The molecular weight excluding hydrogens is 431 g/mol. The number of hydrogen-bond donors (Lipinski definition) is 1. The van der Waals surface area contributed by atoms with Crippen LogP contribution in [0.25, 0.3) is 0 Å². The summed E-state index contributed by atoms with van der Waals surface area (Å²) in [6.07, 6.45) is 3.23. The highest BCUT2D eigenvalue weighted by Gasteiger charge is 2.14. The lowest BCUT2D eigenvalue weighted by molar-refractivity contribution is 0.837. The molecular formula is C31H39N2P. The van der Waals surface area contributed by atoms with Crippen molar-refractivity contribution in [2.45, 2.75) is 53.4 Å². The first-order chi connectivity index (χ1) is 16.4. The highest BCUT2D eigenvalue weighted by atomic mass is 31.1. The summed E-state index contributed by atoms with van der Waals surface area (Å²) in [5.41, 5.74) is 6.18. The molecule has 0 bridgehead atoms. The third-order valence-corrected chi connectivity index (χ3v) is 8.43. The normalized spacial score (nSPS) is 12.6. The predicted molar refractivity (Wildman–Crippen MR) is 154 cm³/mol. The van der Waals surface area contributed by atoms with Gasteiger partial charge in [-0.3, -0.25) is 4.99 Å². The van der Waals surface area contributed by atoms with E-state index < -0.39 is 7.92 Å². The molecule has 3 aromatic carbocycles. The van der Waals surface area contributed by atoms with Crippen molar-refractivity contribution in [3.05, 3.63) is 102 Å². The van der Waals surface area contributed by atoms with Crippen LogP contribution in [0, 0.1) is 0 Å². The average Bonchev–Trinajstić information content (AvgIpc) is 2.82. The molecule has 34 heavy (non-hydrogen) atoms. The van der Waals surface area contributed by atoms with Crippen molar-refractivity contribution in [1.82, 2.24) is 0 Å². The van der Waals surface area contributed by atoms with Gasteiger partial charge in [-0.15, -0.1) is 0 Å². The predicted octanol–water partition coefficient (Wildman–Crippen LogP) is 7.84. The molecule has 0 fully saturated rings. The average molecular weight is 471 g/mol. The van der Waals surface area contributed by atoms with Crippen LogP contribution in [0.15, 0.2) is 95.6 Å². The molecule has 3 aromatic rings. The van der Waals surface area contributed by atoms with E-state index >= 15 is 0 Å². The molecule has 0 heterocycles. The smallest absolute Gasteiger partial charge is 0.0452 e. The summed E-state index contributed by atoms with van der Waals surface area (Å²) < 4.78 is 0. The van der Waals surface area contributed by atoms with Crippen molar-refractivity contribution < 1.29 is 0 Å². The molecule has 3 rings (SSSR count). The van der Waals surface area contributed by atoms with E-state index in [0.29, 0.717) is 11.8 Å². The molecule has 3 heteroatoms. The monoisotopic (exact) mass is 470 g/mol. The summed E-state index contributed by atoms with van der Waals surface area (Å²) in [6, 6.07) is 28.4. The minimum absolute atomic E-state index is 0.408. The van der Waals surface area contributed by atoms with E-state index in [1.165, 1.54) is 27.4 Å². The molecule has 0 atom stereocenters. The zero-order valence-electron chi connectivity index (χ0n) is 21.5. The molecule has 0 unspecified atom stereocenters. The van der Waals surface area contributed by atoms with Crippen LogP contribution in [-0.2, 0) is 0 Å². The quantitative estimate of drug-likeness (QED) is 0.237. The number of allylic oxidation sites excluding steroid dienone is 2. The molecule has 0 spiro atoms. The Kier molecular flexibility index (Phi) is 9.66. The number of benzene rings is 3. The molecule has 0 aliphatic heterocycles. The lowest BCUT2D eigenvalue weighted by Crippen LogP contribution is -2.15. The Morgan fingerprint density at radius 2 is 1.26 bits per heavy atom. The van der Waals surface area contributed by atoms with E-state index in [1.54, 1.807) is 0 Å². The Morgan fingerprint density at radius 1 is 0.765 bits per heavy atom. The summed E-state index contributed by atoms with van der Waals surface area (Å²) in [7, 11) is -0.408. The Morgan fingerprint density at radius 3 is 1.74 bits per heavy atom. The first kappa shape index (κ1) is 25.9. The first-order valence-corrected chi connectivity index (χ1v) is 13.9. The molecule has 0 amide bonds. The van der Waals surface area contributed by atoms with E-state index in [2.05, 4.69) is 132 Å². The van der Waals surface area contributed by atoms with Crippen molar-refractivity contribution in [1.29, 1.82) is 0 Å². The summed E-state index contributed by atoms with van der Waals surface area (Å²) in [5, 5.41) is 6.53. The Balaban J connectivity index is 1.74. The van der Waals surface area contributed by atoms with Crippen LogP contribution in [0.4, 0.5) is 5.69 Å². The second kappa shape index (κ2) is 12.7. The summed E-state index contributed by atoms with van der Waals surface area (Å²) >= 11 is 0. The van der Waals surface area contributed by atoms with Gasteiger partial charge in [0.25, 0.3) is 0 Å². The van der Waals surface area contributed by atoms with Crippen LogP contribution in [0.3, 0.4) is 0 Å². The Bertz CT molecular complexity index is 1030. The van der Waals surface area contributed by atoms with Crippen molar-refractivity contribution in [2.24, 2.45) is 4.99 Å². The van der Waals surface area contributed by atoms with Crippen LogP contribution in [0.1, 0.15) is 64.5 Å². The minimum atomic E-state index is -0.408. The largest absolute Gasteiger partial charge is 0.359 e. The van der Waals surface area contributed by atoms with Crippen LogP contribution in [0.5, 0.6) is 0 Å². The number of anilines is 1. The summed E-state index contributed by atoms with van der Waals surface area (Å²) in [4.78, 5) is 4.93. The first-order valence-electron chi connectivity index (χ1n) is 12.3. The van der Waals surface area contributed by atoms with Crippen molar-refractivity contribution in [3.63, 3.8) is 0 Å². The van der Waals surface area contributed by atoms with Gasteiger partial charge in [0.1, 0.15) is 0 Å². The molecule has 0 aliphatic rings. The maximum atomic E-state index is 4.93. The van der Waals surface area contributed by atoms with Crippen molar-refractivity contribution in [3.8, 4) is 0 Å². The van der Waals surface area contributed by atoms with E-state index in [1.807, 2.05) is 0 Å². The number of rotatable bonds is 10. The Labute approximate surface area is 208 Å². The fourth-order valence-electron chi connectivity index (χ4n) is 4.24. The van der Waals surface area contributed by atoms with Gasteiger partial charge in [0, 0.05) is 23.6 Å². The second-order valence-electron chi connectivity index (χ2n) is 9.42. The maximum Gasteiger partial charge on any atom is 0.0452 e. The van der Waals surface area contributed by atoms with Gasteiger partial charge in [-0.1, -0.05) is 107 Å². The van der Waals surface area contributed by atoms with Gasteiger partial charge < -0.3 is 5.32 Å². The third-order valence-electron chi connectivity index (χ3n) is 5.94. The molecule has 0 radical (unpaired) electrons. The van der Waals surface area contributed by atoms with Gasteiger partial charge in [-0.05, 0) is 67.6 Å². The number of aliphatic imine (C=N–C) groups is 1. The standard InChI is InChI=1S/C31H39N2P/c1-23(2)29-18-13-19-30(24(3)4)31(29)33-26(6)22-25(5)32-20-21-34(27-14-9-7-10-15-27)28-16-11-8-12-17-28/h7-19,22-24,33H,20-21H2,1-6H3. The zero-order valence-corrected chi connectivity index (χ0v) is 22.4. The van der Waals surface area contributed by atoms with Gasteiger partial charge in [0.2, 0.25) is 0 Å². The van der Waals surface area contributed by atoms with Crippen LogP contribution < -0.4 is 15.9 Å². The van der Waals surface area contributed by atoms with Gasteiger partial charge in [0.15, 0.2) is 0 Å². The van der Waals surface area contributed by atoms with Gasteiger partial charge >= 0.3 is 0 Å². The van der Waals surface area contributed by atoms with E-state index in [9.17, 15) is 0 Å². The molecule has 0 saturated carbocycles. The number of para-hydroxylation sites is 1. The molecule has 1 N–H and O–H groups in total. The third kappa shape index (κ3) is 7.15. The van der Waals surface area contributed by atoms with Gasteiger partial charge in [-0.25, -0.2) is 0 Å². The molecule has 178 valence electrons. The van der Waals surface area contributed by atoms with Gasteiger partial charge in [-0.2, -0.15) is 0 Å². The second-order valence-corrected chi connectivity index (χ2v) is 11.8. The molecule has 0 aromatic heterocycles. The van der Waals surface area contributed by atoms with E-state index in [-0.39, 0.29) is 0 Å². The van der Waals surface area contributed by atoms with Crippen molar-refractivity contribution >= 4 is 29.9 Å². The SMILES string of the molecule is CC(=CC(C)=NCCP(c1ccccc1)c1ccccc1)Nc1c(C(C)C)cccc1C(C)C. The highest BCUT2D eigenvalue weighted by molar-refractivity contribution is 7.73. The molecule has 0 aliphatic carbocycles. The molecule has 2 nitrogen and oxygen atoms in total. The van der Waals surface area contributed by atoms with Gasteiger partial charge in [0.05, 0.1) is 0 Å². The lowest BCUT2D eigenvalue weighted by atomic mass is 9.92. The van der Waals surface area contributed by atoms with E-state index in [4.69, 9.17) is 4.99 Å². The molecule has 0 saturated heterocycles. The topological polar surface area (TPSA) is 24.4 Å². The van der Waals surface area contributed by atoms with Crippen LogP contribution in [0.2, 0.25) is 0 Å². The summed E-state index contributed by atoms with van der Waals surface area (Å²) in [6.45, 7) is 14.1.